The molecular formula is C23H17Cl2N3O3S. The summed E-state index contributed by atoms with van der Waals surface area (Å²) >= 11 is 12.8. The van der Waals surface area contributed by atoms with Gasteiger partial charge in [-0.15, -0.1) is 0 Å². The van der Waals surface area contributed by atoms with E-state index in [1.165, 1.54) is 6.08 Å². The third kappa shape index (κ3) is 6.17. The first-order chi connectivity index (χ1) is 15.4. The number of halogens is 2. The molecule has 0 atom stereocenters. The number of carbonyl (C=O) groups excluding carboxylic acids is 1. The summed E-state index contributed by atoms with van der Waals surface area (Å²) in [5, 5.41) is 0.718. The van der Waals surface area contributed by atoms with Crippen LogP contribution in [0.5, 0.6) is 0 Å². The van der Waals surface area contributed by atoms with Gasteiger partial charge in [-0.1, -0.05) is 70.6 Å². The van der Waals surface area contributed by atoms with E-state index in [0.717, 1.165) is 22.8 Å². The maximum Gasteiger partial charge on any atom is 0.319 e. The zero-order valence-electron chi connectivity index (χ0n) is 16.9. The Balaban J connectivity index is 1.90. The predicted octanol–water partition coefficient (Wildman–Crippen LogP) is 4.80. The smallest absolute Gasteiger partial charge is 0.319 e. The molecule has 1 aromatic heterocycles. The van der Waals surface area contributed by atoms with Gasteiger partial charge in [0.2, 0.25) is 0 Å². The van der Waals surface area contributed by atoms with Gasteiger partial charge in [0.1, 0.15) is 5.82 Å². The average molecular weight is 486 g/mol. The van der Waals surface area contributed by atoms with E-state index in [-0.39, 0.29) is 5.15 Å². The summed E-state index contributed by atoms with van der Waals surface area (Å²) in [6.07, 6.45) is 3.01. The fourth-order valence-corrected chi connectivity index (χ4v) is 3.64. The summed E-state index contributed by atoms with van der Waals surface area (Å²) in [5.74, 6) is 5.96. The fourth-order valence-electron chi connectivity index (χ4n) is 2.93. The van der Waals surface area contributed by atoms with Gasteiger partial charge in [-0.25, -0.2) is 4.98 Å². The lowest BCUT2D eigenvalue weighted by molar-refractivity contribution is -0.113. The lowest BCUT2D eigenvalue weighted by atomic mass is 10.1. The zero-order valence-corrected chi connectivity index (χ0v) is 19.2. The molecule has 3 rings (SSSR count). The lowest BCUT2D eigenvalue weighted by Crippen LogP contribution is -2.07. The van der Waals surface area contributed by atoms with Gasteiger partial charge in [-0.2, -0.15) is 8.42 Å². The van der Waals surface area contributed by atoms with Crippen LogP contribution < -0.4 is 0 Å². The van der Waals surface area contributed by atoms with Gasteiger partial charge in [0.25, 0.3) is 5.91 Å². The predicted molar refractivity (Wildman–Crippen MR) is 125 cm³/mol. The monoisotopic (exact) mass is 485 g/mol. The third-order valence-electron chi connectivity index (χ3n) is 4.41. The second-order valence-corrected chi connectivity index (χ2v) is 7.93. The average Bonchev–Trinajstić information content (AvgIpc) is 3.07. The van der Waals surface area contributed by atoms with Gasteiger partial charge in [-0.3, -0.25) is 4.79 Å². The van der Waals surface area contributed by atoms with Crippen molar-refractivity contribution in [2.45, 2.75) is 19.9 Å². The number of amides is 1. The Hall–Kier alpha value is -3.18. The number of hydrogen-bond acceptors (Lipinski definition) is 4. The lowest BCUT2D eigenvalue weighted by Gasteiger charge is -2.11. The number of benzene rings is 2. The molecule has 0 N–H and O–H groups in total. The Labute approximate surface area is 197 Å². The van der Waals surface area contributed by atoms with Crippen molar-refractivity contribution in [2.75, 3.05) is 0 Å². The summed E-state index contributed by atoms with van der Waals surface area (Å²) in [5.41, 5.74) is 2.95. The van der Waals surface area contributed by atoms with Crippen molar-refractivity contribution in [2.24, 2.45) is 4.36 Å². The first-order valence-electron chi connectivity index (χ1n) is 9.51. The fraction of sp³-hybridized carbons (Fsp3) is 0.130. The van der Waals surface area contributed by atoms with E-state index in [0.29, 0.717) is 29.5 Å². The van der Waals surface area contributed by atoms with Crippen LogP contribution in [-0.4, -0.2) is 23.9 Å². The Kier molecular flexibility index (Phi) is 8.01. The van der Waals surface area contributed by atoms with Crippen LogP contribution in [0.15, 0.2) is 59.0 Å². The summed E-state index contributed by atoms with van der Waals surface area (Å²) in [7, 11) is -2.82. The molecule has 0 bridgehead atoms. The van der Waals surface area contributed by atoms with E-state index in [1.807, 2.05) is 54.0 Å². The summed E-state index contributed by atoms with van der Waals surface area (Å²) in [6.45, 7) is 2.28. The highest BCUT2D eigenvalue weighted by molar-refractivity contribution is 7.62. The van der Waals surface area contributed by atoms with Crippen molar-refractivity contribution in [1.82, 2.24) is 9.55 Å². The highest BCUT2D eigenvalue weighted by atomic mass is 35.5. The van der Waals surface area contributed by atoms with E-state index in [9.17, 15) is 13.2 Å². The minimum atomic E-state index is -2.82. The second-order valence-electron chi connectivity index (χ2n) is 6.55. The second kappa shape index (κ2) is 10.9. The van der Waals surface area contributed by atoms with E-state index in [2.05, 4.69) is 21.2 Å². The Morgan fingerprint density at radius 2 is 1.84 bits per heavy atom. The Morgan fingerprint density at radius 3 is 2.50 bits per heavy atom. The minimum absolute atomic E-state index is 0.190. The highest BCUT2D eigenvalue weighted by Gasteiger charge is 2.15. The molecule has 162 valence electrons. The van der Waals surface area contributed by atoms with Crippen LogP contribution in [-0.2, 0) is 28.3 Å². The van der Waals surface area contributed by atoms with Crippen LogP contribution >= 0.6 is 23.2 Å². The van der Waals surface area contributed by atoms with Crippen LogP contribution in [0, 0.1) is 11.8 Å². The van der Waals surface area contributed by atoms with Crippen molar-refractivity contribution in [3.8, 4) is 11.8 Å². The molecule has 0 aliphatic carbocycles. The minimum Gasteiger partial charge on any atom is -0.323 e. The number of rotatable bonds is 5. The van der Waals surface area contributed by atoms with Crippen LogP contribution in [0.4, 0.5) is 0 Å². The number of aromatic nitrogens is 2. The third-order valence-corrected chi connectivity index (χ3v) is 5.37. The van der Waals surface area contributed by atoms with Gasteiger partial charge in [-0.05, 0) is 35.9 Å². The van der Waals surface area contributed by atoms with E-state index in [4.69, 9.17) is 23.2 Å². The Morgan fingerprint density at radius 1 is 1.12 bits per heavy atom. The molecule has 3 aromatic rings. The number of aryl methyl sites for hydroxylation is 1. The summed E-state index contributed by atoms with van der Waals surface area (Å²) in [4.78, 5) is 15.9. The van der Waals surface area contributed by atoms with Crippen molar-refractivity contribution < 1.29 is 13.2 Å². The highest BCUT2D eigenvalue weighted by Crippen LogP contribution is 2.25. The first kappa shape index (κ1) is 23.5. The molecule has 0 saturated carbocycles. The SMILES string of the molecule is CCc1nc(Cl)c(C=CC(=O)N=S(=O)=O)n1Cc1ccc(C#Cc2ccccc2)cc1Cl. The van der Waals surface area contributed by atoms with Crippen LogP contribution in [0.25, 0.3) is 6.08 Å². The van der Waals surface area contributed by atoms with Gasteiger partial charge in [0, 0.05) is 28.6 Å². The quantitative estimate of drug-likeness (QED) is 0.383. The first-order valence-corrected chi connectivity index (χ1v) is 11.3. The molecule has 1 amide bonds. The molecule has 32 heavy (non-hydrogen) atoms. The van der Waals surface area contributed by atoms with Crippen molar-refractivity contribution in [3.63, 3.8) is 0 Å². The number of carbonyl (C=O) groups is 1. The molecular weight excluding hydrogens is 469 g/mol. The molecule has 0 fully saturated rings. The standard InChI is InChI=1S/C23H17Cl2N3O3S/c1-2-21-26-23(25)20(12-13-22(29)27-32(30)31)28(21)15-18-11-10-17(14-19(18)24)9-8-16-6-4-3-5-7-16/h3-7,10-14H,2,15H2,1H3. The van der Waals surface area contributed by atoms with Gasteiger partial charge in [0.05, 0.1) is 12.2 Å². The van der Waals surface area contributed by atoms with Crippen LogP contribution in [0.3, 0.4) is 0 Å². The molecule has 9 heteroatoms. The number of imidazole rings is 1. The van der Waals surface area contributed by atoms with E-state index in [1.54, 1.807) is 6.07 Å². The maximum absolute atomic E-state index is 11.6. The molecule has 2 aromatic carbocycles. The van der Waals surface area contributed by atoms with Crippen molar-refractivity contribution >= 4 is 45.7 Å². The molecule has 6 nitrogen and oxygen atoms in total. The Bertz CT molecular complexity index is 1380. The molecule has 0 aliphatic rings. The summed E-state index contributed by atoms with van der Waals surface area (Å²) < 4.78 is 25.8. The van der Waals surface area contributed by atoms with Crippen LogP contribution in [0.1, 0.15) is 35.1 Å². The zero-order chi connectivity index (χ0) is 23.1. The van der Waals surface area contributed by atoms with E-state index < -0.39 is 16.4 Å². The van der Waals surface area contributed by atoms with Gasteiger partial charge < -0.3 is 4.57 Å². The number of hydrogen-bond donors (Lipinski definition) is 0. The summed E-state index contributed by atoms with van der Waals surface area (Å²) in [6, 6.07) is 15.2. The largest absolute Gasteiger partial charge is 0.323 e. The van der Waals surface area contributed by atoms with Crippen molar-refractivity contribution in [3.05, 3.63) is 93.0 Å². The molecule has 1 heterocycles. The topological polar surface area (TPSA) is 81.4 Å². The molecule has 0 spiro atoms. The maximum atomic E-state index is 11.6. The molecule has 0 aliphatic heterocycles. The normalized spacial score (nSPS) is 10.6. The molecule has 0 unspecified atom stereocenters. The van der Waals surface area contributed by atoms with E-state index >= 15 is 0 Å². The van der Waals surface area contributed by atoms with Crippen LogP contribution in [0.2, 0.25) is 10.2 Å². The van der Waals surface area contributed by atoms with Crippen molar-refractivity contribution in [1.29, 1.82) is 0 Å². The molecule has 0 radical (unpaired) electrons. The van der Waals surface area contributed by atoms with Gasteiger partial charge in [0.15, 0.2) is 5.15 Å². The molecule has 0 saturated heterocycles. The number of nitrogens with zero attached hydrogens (tertiary/aromatic N) is 3. The van der Waals surface area contributed by atoms with Gasteiger partial charge >= 0.3 is 10.5 Å².